The lowest BCUT2D eigenvalue weighted by atomic mass is 10.0. The fourth-order valence-corrected chi connectivity index (χ4v) is 2.47. The number of aromatic nitrogens is 3. The van der Waals surface area contributed by atoms with Gasteiger partial charge in [-0.1, -0.05) is 18.2 Å². The summed E-state index contributed by atoms with van der Waals surface area (Å²) >= 11 is 0. The Morgan fingerprint density at radius 1 is 1.14 bits per heavy atom. The van der Waals surface area contributed by atoms with Gasteiger partial charge in [-0.05, 0) is 43.2 Å². The average molecular weight is 294 g/mol. The Balaban J connectivity index is 1.86. The maximum Gasteiger partial charge on any atom is 0.254 e. The molecular formula is C17H18N4O. The van der Waals surface area contributed by atoms with Gasteiger partial charge in [0.15, 0.2) is 11.5 Å². The van der Waals surface area contributed by atoms with Gasteiger partial charge >= 0.3 is 0 Å². The number of hydrogen-bond acceptors (Lipinski definition) is 3. The molecule has 2 aromatic heterocycles. The summed E-state index contributed by atoms with van der Waals surface area (Å²) in [6, 6.07) is 11.5. The second-order valence-electron chi connectivity index (χ2n) is 5.45. The second kappa shape index (κ2) is 5.60. The van der Waals surface area contributed by atoms with Crippen molar-refractivity contribution in [3.05, 3.63) is 65.1 Å². The summed E-state index contributed by atoms with van der Waals surface area (Å²) in [6.07, 6.45) is 1.90. The number of nitrogens with zero attached hydrogens (tertiary/aromatic N) is 4. The summed E-state index contributed by atoms with van der Waals surface area (Å²) < 4.78 is 1.90. The highest BCUT2D eigenvalue weighted by molar-refractivity contribution is 5.95. The Kier molecular flexibility index (Phi) is 3.63. The summed E-state index contributed by atoms with van der Waals surface area (Å²) in [7, 11) is 1.79. The number of fused-ring (bicyclic) bond motifs is 1. The minimum Gasteiger partial charge on any atom is -0.334 e. The summed E-state index contributed by atoms with van der Waals surface area (Å²) in [6.45, 7) is 4.40. The smallest absolute Gasteiger partial charge is 0.254 e. The molecule has 5 nitrogen and oxygen atoms in total. The third-order valence-electron chi connectivity index (χ3n) is 3.94. The lowest BCUT2D eigenvalue weighted by molar-refractivity contribution is 0.0780. The van der Waals surface area contributed by atoms with E-state index in [9.17, 15) is 4.79 Å². The zero-order valence-corrected chi connectivity index (χ0v) is 12.9. The van der Waals surface area contributed by atoms with Crippen LogP contribution >= 0.6 is 0 Å². The van der Waals surface area contributed by atoms with Crippen LogP contribution in [0.2, 0.25) is 0 Å². The Morgan fingerprint density at radius 2 is 1.95 bits per heavy atom. The van der Waals surface area contributed by atoms with Crippen LogP contribution < -0.4 is 0 Å². The molecule has 0 aliphatic rings. The average Bonchev–Trinajstić information content (AvgIpc) is 2.92. The highest BCUT2D eigenvalue weighted by atomic mass is 16.2. The van der Waals surface area contributed by atoms with Crippen LogP contribution in [0.15, 0.2) is 42.6 Å². The highest BCUT2D eigenvalue weighted by Crippen LogP contribution is 2.15. The van der Waals surface area contributed by atoms with Crippen molar-refractivity contribution < 1.29 is 4.79 Å². The van der Waals surface area contributed by atoms with Crippen molar-refractivity contribution in [1.29, 1.82) is 0 Å². The van der Waals surface area contributed by atoms with E-state index in [2.05, 4.69) is 10.2 Å². The summed E-state index contributed by atoms with van der Waals surface area (Å²) in [5.41, 5.74) is 3.65. The predicted octanol–water partition coefficient (Wildman–Crippen LogP) is 2.62. The molecule has 1 amide bonds. The quantitative estimate of drug-likeness (QED) is 0.746. The van der Waals surface area contributed by atoms with E-state index >= 15 is 0 Å². The topological polar surface area (TPSA) is 50.5 Å². The van der Waals surface area contributed by atoms with E-state index < -0.39 is 0 Å². The molecule has 0 aliphatic carbocycles. The van der Waals surface area contributed by atoms with E-state index in [1.54, 1.807) is 11.9 Å². The second-order valence-corrected chi connectivity index (χ2v) is 5.45. The summed E-state index contributed by atoms with van der Waals surface area (Å²) in [5, 5.41) is 8.28. The third kappa shape index (κ3) is 2.45. The maximum absolute atomic E-state index is 12.6. The van der Waals surface area contributed by atoms with Crippen LogP contribution in [0.3, 0.4) is 0 Å². The van der Waals surface area contributed by atoms with Crippen molar-refractivity contribution in [3.8, 4) is 0 Å². The Bertz CT molecular complexity index is 838. The van der Waals surface area contributed by atoms with Crippen LogP contribution in [0.4, 0.5) is 0 Å². The first kappa shape index (κ1) is 14.3. The van der Waals surface area contributed by atoms with Crippen LogP contribution in [0.5, 0.6) is 0 Å². The van der Waals surface area contributed by atoms with E-state index in [0.29, 0.717) is 6.54 Å². The van der Waals surface area contributed by atoms with E-state index in [0.717, 1.165) is 28.2 Å². The van der Waals surface area contributed by atoms with Gasteiger partial charge in [-0.3, -0.25) is 9.20 Å². The number of hydrogen-bond donors (Lipinski definition) is 0. The van der Waals surface area contributed by atoms with Crippen molar-refractivity contribution >= 4 is 11.6 Å². The Morgan fingerprint density at radius 3 is 2.77 bits per heavy atom. The number of carbonyl (C=O) groups excluding carboxylic acids is 1. The first-order valence-electron chi connectivity index (χ1n) is 7.18. The van der Waals surface area contributed by atoms with E-state index in [4.69, 9.17) is 0 Å². The molecule has 3 rings (SSSR count). The van der Waals surface area contributed by atoms with Gasteiger partial charge in [-0.2, -0.15) is 0 Å². The zero-order chi connectivity index (χ0) is 15.7. The van der Waals surface area contributed by atoms with Crippen LogP contribution in [-0.4, -0.2) is 32.5 Å². The standard InChI is InChI=1S/C17H18N4O/c1-12-7-6-8-14(13(12)2)17(22)20(3)11-16-19-18-15-9-4-5-10-21(15)16/h4-10H,11H2,1-3H3. The fraction of sp³-hybridized carbons (Fsp3) is 0.235. The van der Waals surface area contributed by atoms with Gasteiger partial charge < -0.3 is 4.90 Å². The Hall–Kier alpha value is -2.69. The molecule has 0 fully saturated rings. The number of carbonyl (C=O) groups is 1. The van der Waals surface area contributed by atoms with E-state index in [1.165, 1.54) is 0 Å². The lowest BCUT2D eigenvalue weighted by Gasteiger charge is -2.18. The number of aryl methyl sites for hydroxylation is 1. The summed E-state index contributed by atoms with van der Waals surface area (Å²) in [4.78, 5) is 14.3. The maximum atomic E-state index is 12.6. The molecule has 2 heterocycles. The molecule has 112 valence electrons. The van der Waals surface area contributed by atoms with Gasteiger partial charge in [0.05, 0.1) is 6.54 Å². The third-order valence-corrected chi connectivity index (χ3v) is 3.94. The molecule has 22 heavy (non-hydrogen) atoms. The molecule has 0 bridgehead atoms. The molecule has 0 unspecified atom stereocenters. The molecule has 0 saturated carbocycles. The summed E-state index contributed by atoms with van der Waals surface area (Å²) in [5.74, 6) is 0.741. The number of rotatable bonds is 3. The minimum absolute atomic E-state index is 0.00567. The highest BCUT2D eigenvalue weighted by Gasteiger charge is 2.17. The zero-order valence-electron chi connectivity index (χ0n) is 12.9. The molecule has 0 saturated heterocycles. The van der Waals surface area contributed by atoms with Gasteiger partial charge in [0.2, 0.25) is 0 Å². The molecule has 1 aromatic carbocycles. The first-order valence-corrected chi connectivity index (χ1v) is 7.18. The van der Waals surface area contributed by atoms with Crippen molar-refractivity contribution in [3.63, 3.8) is 0 Å². The minimum atomic E-state index is -0.00567. The van der Waals surface area contributed by atoms with Crippen molar-refractivity contribution in [2.45, 2.75) is 20.4 Å². The molecule has 0 atom stereocenters. The first-order chi connectivity index (χ1) is 10.6. The molecule has 3 aromatic rings. The number of amides is 1. The normalized spacial score (nSPS) is 10.9. The Labute approximate surface area is 129 Å². The van der Waals surface area contributed by atoms with Gasteiger partial charge in [0, 0.05) is 18.8 Å². The molecule has 0 spiro atoms. The van der Waals surface area contributed by atoms with E-state index in [1.807, 2.05) is 60.8 Å². The molecule has 0 aliphatic heterocycles. The lowest BCUT2D eigenvalue weighted by Crippen LogP contribution is -2.28. The van der Waals surface area contributed by atoms with Gasteiger partial charge in [0.25, 0.3) is 5.91 Å². The molecule has 0 radical (unpaired) electrons. The van der Waals surface area contributed by atoms with E-state index in [-0.39, 0.29) is 5.91 Å². The predicted molar refractivity (Wildman–Crippen MR) is 84.7 cm³/mol. The van der Waals surface area contributed by atoms with Gasteiger partial charge in [-0.25, -0.2) is 0 Å². The van der Waals surface area contributed by atoms with Gasteiger partial charge in [0.1, 0.15) is 0 Å². The fourth-order valence-electron chi connectivity index (χ4n) is 2.47. The molecular weight excluding hydrogens is 276 g/mol. The monoisotopic (exact) mass is 294 g/mol. The van der Waals surface area contributed by atoms with Crippen molar-refractivity contribution in [2.24, 2.45) is 0 Å². The SMILES string of the molecule is Cc1cccc(C(=O)N(C)Cc2nnc3ccccn23)c1C. The number of benzene rings is 1. The molecule has 0 N–H and O–H groups in total. The van der Waals surface area contributed by atoms with Crippen LogP contribution in [0.25, 0.3) is 5.65 Å². The largest absolute Gasteiger partial charge is 0.334 e. The van der Waals surface area contributed by atoms with Crippen LogP contribution in [0, 0.1) is 13.8 Å². The van der Waals surface area contributed by atoms with Crippen LogP contribution in [0.1, 0.15) is 27.3 Å². The van der Waals surface area contributed by atoms with Crippen LogP contribution in [-0.2, 0) is 6.54 Å². The van der Waals surface area contributed by atoms with Crippen molar-refractivity contribution in [1.82, 2.24) is 19.5 Å². The number of pyridine rings is 1. The van der Waals surface area contributed by atoms with Crippen molar-refractivity contribution in [2.75, 3.05) is 7.05 Å². The van der Waals surface area contributed by atoms with Gasteiger partial charge in [-0.15, -0.1) is 10.2 Å². The molecule has 5 heteroatoms.